The number of carbonyl (C=O) groups is 2. The van der Waals surface area contributed by atoms with Gasteiger partial charge in [-0.1, -0.05) is 18.2 Å². The Kier molecular flexibility index (Phi) is 5.67. The lowest BCUT2D eigenvalue weighted by Gasteiger charge is -2.21. The summed E-state index contributed by atoms with van der Waals surface area (Å²) >= 11 is 0. The van der Waals surface area contributed by atoms with Gasteiger partial charge in [0.15, 0.2) is 11.7 Å². The minimum atomic E-state index is -1.37. The maximum Gasteiger partial charge on any atom is 0.347 e. The van der Waals surface area contributed by atoms with Crippen molar-refractivity contribution in [2.24, 2.45) is 0 Å². The standard InChI is InChI=1S/C20H23NO5/c1-12-9-13(2)11-15(10-12)21-18(23)17(22)14-5-7-16(8-6-14)26-20(3,4)19(24)25/h5-11,17,22H,1-4H3,(H,21,23)(H,24,25). The molecule has 0 saturated carbocycles. The number of nitrogens with one attached hydrogen (secondary N) is 1. The van der Waals surface area contributed by atoms with Crippen LogP contribution in [0, 0.1) is 13.8 Å². The Bertz CT molecular complexity index is 791. The Morgan fingerprint density at radius 3 is 2.08 bits per heavy atom. The predicted octanol–water partition coefficient (Wildman–Crippen LogP) is 3.22. The van der Waals surface area contributed by atoms with E-state index in [0.717, 1.165) is 11.1 Å². The number of ether oxygens (including phenoxy) is 1. The van der Waals surface area contributed by atoms with Crippen molar-refractivity contribution in [1.82, 2.24) is 0 Å². The van der Waals surface area contributed by atoms with Crippen LogP contribution in [0.5, 0.6) is 5.75 Å². The lowest BCUT2D eigenvalue weighted by atomic mass is 10.1. The third-order valence-corrected chi connectivity index (χ3v) is 3.82. The number of benzene rings is 2. The lowest BCUT2D eigenvalue weighted by molar-refractivity contribution is -0.152. The molecule has 6 nitrogen and oxygen atoms in total. The van der Waals surface area contributed by atoms with Crippen molar-refractivity contribution in [1.29, 1.82) is 0 Å². The van der Waals surface area contributed by atoms with Crippen LogP contribution < -0.4 is 10.1 Å². The number of rotatable bonds is 6. The summed E-state index contributed by atoms with van der Waals surface area (Å²) in [6, 6.07) is 11.7. The Hall–Kier alpha value is -2.86. The van der Waals surface area contributed by atoms with Crippen molar-refractivity contribution in [3.63, 3.8) is 0 Å². The Balaban J connectivity index is 2.08. The van der Waals surface area contributed by atoms with Gasteiger partial charge in [-0.25, -0.2) is 4.79 Å². The molecule has 1 amide bonds. The van der Waals surface area contributed by atoms with Gasteiger partial charge in [0.2, 0.25) is 0 Å². The highest BCUT2D eigenvalue weighted by Gasteiger charge is 2.29. The highest BCUT2D eigenvalue weighted by atomic mass is 16.5. The average molecular weight is 357 g/mol. The van der Waals surface area contributed by atoms with Gasteiger partial charge in [-0.15, -0.1) is 0 Å². The second-order valence-corrected chi connectivity index (χ2v) is 6.75. The molecule has 6 heteroatoms. The molecule has 1 atom stereocenters. The van der Waals surface area contributed by atoms with Crippen molar-refractivity contribution in [3.8, 4) is 5.75 Å². The van der Waals surface area contributed by atoms with E-state index >= 15 is 0 Å². The molecule has 0 aromatic heterocycles. The molecule has 0 radical (unpaired) electrons. The Morgan fingerprint density at radius 1 is 1.04 bits per heavy atom. The molecule has 2 rings (SSSR count). The van der Waals surface area contributed by atoms with E-state index in [-0.39, 0.29) is 0 Å². The van der Waals surface area contributed by atoms with Crippen LogP contribution >= 0.6 is 0 Å². The Labute approximate surface area is 152 Å². The molecule has 0 aliphatic heterocycles. The molecular formula is C20H23NO5. The predicted molar refractivity (Wildman–Crippen MR) is 98.3 cm³/mol. The summed E-state index contributed by atoms with van der Waals surface area (Å²) in [6.45, 7) is 6.73. The van der Waals surface area contributed by atoms with Gasteiger partial charge in [-0.2, -0.15) is 0 Å². The van der Waals surface area contributed by atoms with Gasteiger partial charge in [0.25, 0.3) is 5.91 Å². The number of aliphatic hydroxyl groups excluding tert-OH is 1. The molecule has 0 heterocycles. The number of hydrogen-bond donors (Lipinski definition) is 3. The van der Waals surface area contributed by atoms with E-state index in [1.807, 2.05) is 32.0 Å². The van der Waals surface area contributed by atoms with E-state index in [4.69, 9.17) is 9.84 Å². The lowest BCUT2D eigenvalue weighted by Crippen LogP contribution is -2.37. The van der Waals surface area contributed by atoms with Crippen molar-refractivity contribution < 1.29 is 24.5 Å². The molecule has 0 spiro atoms. The monoisotopic (exact) mass is 357 g/mol. The molecule has 26 heavy (non-hydrogen) atoms. The maximum atomic E-state index is 12.3. The zero-order valence-corrected chi connectivity index (χ0v) is 15.2. The van der Waals surface area contributed by atoms with Gasteiger partial charge in [0, 0.05) is 5.69 Å². The van der Waals surface area contributed by atoms with Crippen molar-refractivity contribution >= 4 is 17.6 Å². The van der Waals surface area contributed by atoms with Crippen molar-refractivity contribution in [3.05, 3.63) is 59.2 Å². The first-order valence-corrected chi connectivity index (χ1v) is 8.18. The minimum Gasteiger partial charge on any atom is -0.478 e. The van der Waals surface area contributed by atoms with Crippen LogP contribution in [0.15, 0.2) is 42.5 Å². The fourth-order valence-corrected chi connectivity index (χ4v) is 2.47. The molecule has 2 aromatic rings. The van der Waals surface area contributed by atoms with Crippen molar-refractivity contribution in [2.75, 3.05) is 5.32 Å². The summed E-state index contributed by atoms with van der Waals surface area (Å²) in [4.78, 5) is 23.4. The molecule has 1 unspecified atom stereocenters. The van der Waals surface area contributed by atoms with Crippen LogP contribution in [-0.4, -0.2) is 27.7 Å². The number of anilines is 1. The number of carboxylic acid groups (broad SMARTS) is 1. The number of carboxylic acids is 1. The molecule has 2 aromatic carbocycles. The third-order valence-electron chi connectivity index (χ3n) is 3.82. The van der Waals surface area contributed by atoms with E-state index in [1.165, 1.54) is 38.1 Å². The summed E-state index contributed by atoms with van der Waals surface area (Å²) < 4.78 is 5.40. The van der Waals surface area contributed by atoms with E-state index < -0.39 is 23.6 Å². The maximum absolute atomic E-state index is 12.3. The van der Waals surface area contributed by atoms with Gasteiger partial charge < -0.3 is 20.3 Å². The third kappa shape index (κ3) is 4.83. The summed E-state index contributed by atoms with van der Waals surface area (Å²) in [5.74, 6) is -1.30. The van der Waals surface area contributed by atoms with Gasteiger partial charge in [0.1, 0.15) is 5.75 Å². The highest BCUT2D eigenvalue weighted by Crippen LogP contribution is 2.23. The van der Waals surface area contributed by atoms with E-state index in [9.17, 15) is 14.7 Å². The van der Waals surface area contributed by atoms with Gasteiger partial charge in [-0.05, 0) is 68.7 Å². The molecule has 0 aliphatic carbocycles. The molecule has 0 saturated heterocycles. The highest BCUT2D eigenvalue weighted by molar-refractivity contribution is 5.94. The van der Waals surface area contributed by atoms with Crippen LogP contribution in [0.4, 0.5) is 5.69 Å². The number of amides is 1. The molecule has 3 N–H and O–H groups in total. The summed E-state index contributed by atoms with van der Waals surface area (Å²) in [6.07, 6.45) is -1.35. The largest absolute Gasteiger partial charge is 0.478 e. The first kappa shape index (κ1) is 19.5. The SMILES string of the molecule is Cc1cc(C)cc(NC(=O)C(O)c2ccc(OC(C)(C)C(=O)O)cc2)c1. The second kappa shape index (κ2) is 7.58. The van der Waals surface area contributed by atoms with Gasteiger partial charge in [-0.3, -0.25) is 4.79 Å². The van der Waals surface area contributed by atoms with Crippen LogP contribution in [0.1, 0.15) is 36.6 Å². The fraction of sp³-hybridized carbons (Fsp3) is 0.300. The van der Waals surface area contributed by atoms with Gasteiger partial charge in [0.05, 0.1) is 0 Å². The van der Waals surface area contributed by atoms with Crippen molar-refractivity contribution in [2.45, 2.75) is 39.4 Å². The van der Waals surface area contributed by atoms with Crippen LogP contribution in [0.2, 0.25) is 0 Å². The first-order valence-electron chi connectivity index (χ1n) is 8.18. The van der Waals surface area contributed by atoms with E-state index in [0.29, 0.717) is 17.0 Å². The van der Waals surface area contributed by atoms with E-state index in [1.54, 1.807) is 0 Å². The summed E-state index contributed by atoms with van der Waals surface area (Å²) in [5.41, 5.74) is 1.65. The summed E-state index contributed by atoms with van der Waals surface area (Å²) in [7, 11) is 0. The zero-order valence-electron chi connectivity index (χ0n) is 15.2. The average Bonchev–Trinajstić information content (AvgIpc) is 2.53. The number of aliphatic carboxylic acids is 1. The number of hydrogen-bond acceptors (Lipinski definition) is 4. The first-order chi connectivity index (χ1) is 12.1. The molecular weight excluding hydrogens is 334 g/mol. The fourth-order valence-electron chi connectivity index (χ4n) is 2.47. The minimum absolute atomic E-state index is 0.336. The van der Waals surface area contributed by atoms with Crippen LogP contribution in [-0.2, 0) is 9.59 Å². The smallest absolute Gasteiger partial charge is 0.347 e. The molecule has 138 valence electrons. The number of carbonyl (C=O) groups excluding carboxylic acids is 1. The van der Waals surface area contributed by atoms with E-state index in [2.05, 4.69) is 5.32 Å². The Morgan fingerprint density at radius 2 is 1.58 bits per heavy atom. The van der Waals surface area contributed by atoms with Gasteiger partial charge >= 0.3 is 5.97 Å². The molecule has 0 aliphatic rings. The normalized spacial score (nSPS) is 12.3. The quantitative estimate of drug-likeness (QED) is 0.738. The molecule has 0 fully saturated rings. The number of aryl methyl sites for hydroxylation is 2. The van der Waals surface area contributed by atoms with Crippen LogP contribution in [0.25, 0.3) is 0 Å². The second-order valence-electron chi connectivity index (χ2n) is 6.75. The summed E-state index contributed by atoms with van der Waals surface area (Å²) in [5, 5.41) is 22.0. The number of aliphatic hydroxyl groups is 1. The zero-order chi connectivity index (χ0) is 19.5. The van der Waals surface area contributed by atoms with Crippen LogP contribution in [0.3, 0.4) is 0 Å². The molecule has 0 bridgehead atoms. The topological polar surface area (TPSA) is 95.9 Å².